The summed E-state index contributed by atoms with van der Waals surface area (Å²) in [7, 11) is -3.24. The highest BCUT2D eigenvalue weighted by Gasteiger charge is 2.43. The van der Waals surface area contributed by atoms with Gasteiger partial charge in [0.15, 0.2) is 26.9 Å². The minimum atomic E-state index is -4.45. The molecule has 2 amide bonds. The van der Waals surface area contributed by atoms with Crippen LogP contribution in [0.3, 0.4) is 0 Å². The van der Waals surface area contributed by atoms with Gasteiger partial charge in [-0.15, -0.1) is 0 Å². The number of amides is 2. The number of halogens is 1. The third kappa shape index (κ3) is 10.0. The van der Waals surface area contributed by atoms with Gasteiger partial charge in [0.1, 0.15) is 31.0 Å². The zero-order valence-corrected chi connectivity index (χ0v) is 38.7. The molecular weight excluding hydrogens is 902 g/mol. The van der Waals surface area contributed by atoms with Crippen molar-refractivity contribution in [3.05, 3.63) is 153 Å². The second kappa shape index (κ2) is 19.4. The molecule has 6 aromatic rings. The maximum atomic E-state index is 14.7. The smallest absolute Gasteiger partial charge is 0.328 e. The van der Waals surface area contributed by atoms with E-state index in [1.165, 1.54) is 21.0 Å². The molecular formula is C49H44ClN5O9S2. The zero-order chi connectivity index (χ0) is 46.7. The molecule has 0 saturated carbocycles. The van der Waals surface area contributed by atoms with Gasteiger partial charge in [-0.1, -0.05) is 83.6 Å². The van der Waals surface area contributed by atoms with E-state index in [1.807, 2.05) is 85.8 Å². The molecule has 2 N–H and O–H groups in total. The Hall–Kier alpha value is -6.77. The van der Waals surface area contributed by atoms with Gasteiger partial charge in [0.2, 0.25) is 11.8 Å². The molecule has 2 aliphatic rings. The lowest BCUT2D eigenvalue weighted by atomic mass is 9.93. The largest absolute Gasteiger partial charge is 0.489 e. The van der Waals surface area contributed by atoms with E-state index in [-0.39, 0.29) is 41.0 Å². The molecule has 0 radical (unpaired) electrons. The van der Waals surface area contributed by atoms with Gasteiger partial charge in [-0.2, -0.15) is 9.57 Å². The first kappa shape index (κ1) is 45.8. The van der Waals surface area contributed by atoms with Gasteiger partial charge in [0, 0.05) is 24.9 Å². The van der Waals surface area contributed by atoms with E-state index in [0.717, 1.165) is 43.5 Å². The number of benzene rings is 5. The molecule has 17 heteroatoms. The number of nitriles is 1. The Bertz CT molecular complexity index is 2970. The van der Waals surface area contributed by atoms with Crippen molar-refractivity contribution >= 4 is 55.9 Å². The summed E-state index contributed by atoms with van der Waals surface area (Å²) >= 11 is 7.07. The number of hydrogen-bond donors (Lipinski definition) is 2. The summed E-state index contributed by atoms with van der Waals surface area (Å²) in [5.74, 6) is -0.356. The van der Waals surface area contributed by atoms with Gasteiger partial charge in [-0.25, -0.2) is 18.2 Å². The van der Waals surface area contributed by atoms with Crippen LogP contribution in [0.5, 0.6) is 17.2 Å². The summed E-state index contributed by atoms with van der Waals surface area (Å²) < 4.78 is 54.2. The topological polar surface area (TPSA) is 186 Å². The Kier molecular flexibility index (Phi) is 13.4. The van der Waals surface area contributed by atoms with Gasteiger partial charge in [0.05, 0.1) is 24.4 Å². The van der Waals surface area contributed by atoms with E-state index < -0.39 is 46.0 Å². The molecule has 3 unspecified atom stereocenters. The molecule has 8 rings (SSSR count). The highest BCUT2D eigenvalue weighted by atomic mass is 35.5. The number of esters is 1. The maximum absolute atomic E-state index is 14.7. The summed E-state index contributed by atoms with van der Waals surface area (Å²) in [6, 6.07) is 30.9. The van der Waals surface area contributed by atoms with Gasteiger partial charge < -0.3 is 29.6 Å². The van der Waals surface area contributed by atoms with Crippen molar-refractivity contribution in [2.75, 3.05) is 19.0 Å². The first-order valence-corrected chi connectivity index (χ1v) is 23.5. The SMILES string of the molecule is COC(=O)C(Cc1ccc(-c2ccc(C#N)cc2)cc1)NC(=O)C1Cc2cc3c(cc2CN1S(=O)(=O)c1sc(NC(C)=O)nc1C)OC(c1ccc(OCc2ccc(C)c(Cl)c2)cc1)CO3. The van der Waals surface area contributed by atoms with Gasteiger partial charge in [-0.3, -0.25) is 9.59 Å². The standard InChI is InChI=1S/C49H44ClN5O9S2/c1-28-5-6-33(19-40(28)50)26-62-39-17-15-36(16-18-39)45-27-63-43-22-37-21-42(55(25-38(37)23-44(43)64-45)66(59,60)48-29(2)52-49(65-48)53-30(3)56)46(57)54-41(47(58)61-4)20-31-7-11-34(12-8-31)35-13-9-32(24-51)10-14-35/h5-19,22-23,41-42,45H,20-21,25-27H2,1-4H3,(H,54,57)(H,52,53,56). The summed E-state index contributed by atoms with van der Waals surface area (Å²) in [6.07, 6.45) is -0.508. The van der Waals surface area contributed by atoms with Crippen molar-refractivity contribution in [2.24, 2.45) is 0 Å². The normalized spacial score (nSPS) is 16.0. The molecule has 0 aliphatic carbocycles. The highest BCUT2D eigenvalue weighted by molar-refractivity contribution is 7.91. The third-order valence-corrected chi connectivity index (χ3v) is 15.3. The summed E-state index contributed by atoms with van der Waals surface area (Å²) in [6.45, 7) is 5.05. The number of carbonyl (C=O) groups is 3. The molecule has 5 aromatic carbocycles. The average Bonchev–Trinajstić information content (AvgIpc) is 3.70. The van der Waals surface area contributed by atoms with E-state index in [4.69, 9.17) is 35.8 Å². The Morgan fingerprint density at radius 2 is 1.62 bits per heavy atom. The quantitative estimate of drug-likeness (QED) is 0.107. The van der Waals surface area contributed by atoms with Crippen LogP contribution in [0.4, 0.5) is 5.13 Å². The number of sulfonamides is 1. The average molecular weight is 947 g/mol. The lowest BCUT2D eigenvalue weighted by molar-refractivity contribution is -0.145. The number of thiazole rings is 1. The molecule has 66 heavy (non-hydrogen) atoms. The molecule has 0 saturated heterocycles. The predicted octanol–water partition coefficient (Wildman–Crippen LogP) is 8.02. The number of aryl methyl sites for hydroxylation is 2. The van der Waals surface area contributed by atoms with Crippen molar-refractivity contribution in [1.82, 2.24) is 14.6 Å². The van der Waals surface area contributed by atoms with Crippen LogP contribution in [-0.4, -0.2) is 61.3 Å². The monoisotopic (exact) mass is 945 g/mol. The zero-order valence-electron chi connectivity index (χ0n) is 36.3. The lowest BCUT2D eigenvalue weighted by Crippen LogP contribution is -2.56. The van der Waals surface area contributed by atoms with Crippen LogP contribution in [0.1, 0.15) is 57.7 Å². The second-order valence-electron chi connectivity index (χ2n) is 15.9. The molecule has 3 heterocycles. The molecule has 0 fully saturated rings. The minimum Gasteiger partial charge on any atom is -0.489 e. The number of anilines is 1. The van der Waals surface area contributed by atoms with Gasteiger partial charge in [-0.05, 0) is 107 Å². The number of nitrogens with one attached hydrogen (secondary N) is 2. The van der Waals surface area contributed by atoms with E-state index in [9.17, 15) is 22.8 Å². The number of rotatable bonds is 13. The third-order valence-electron chi connectivity index (χ3n) is 11.3. The summed E-state index contributed by atoms with van der Waals surface area (Å²) in [5.41, 5.74) is 7.19. The van der Waals surface area contributed by atoms with Crippen molar-refractivity contribution < 1.29 is 41.7 Å². The predicted molar refractivity (Wildman–Crippen MR) is 248 cm³/mol. The van der Waals surface area contributed by atoms with Crippen LogP contribution >= 0.6 is 22.9 Å². The Morgan fingerprint density at radius 1 is 0.939 bits per heavy atom. The van der Waals surface area contributed by atoms with Crippen molar-refractivity contribution in [3.8, 4) is 34.4 Å². The summed E-state index contributed by atoms with van der Waals surface area (Å²) in [4.78, 5) is 43.9. The Morgan fingerprint density at radius 3 is 2.29 bits per heavy atom. The number of ether oxygens (including phenoxy) is 4. The first-order chi connectivity index (χ1) is 31.7. The summed E-state index contributed by atoms with van der Waals surface area (Å²) in [5, 5.41) is 15.3. The van der Waals surface area contributed by atoms with Crippen LogP contribution in [0.2, 0.25) is 5.02 Å². The van der Waals surface area contributed by atoms with Crippen LogP contribution in [0, 0.1) is 25.2 Å². The number of aromatic nitrogens is 1. The minimum absolute atomic E-state index is 0.0501. The van der Waals surface area contributed by atoms with Crippen molar-refractivity contribution in [1.29, 1.82) is 5.26 Å². The fraction of sp³-hybridized carbons (Fsp3) is 0.245. The van der Waals surface area contributed by atoms with E-state index in [2.05, 4.69) is 21.7 Å². The van der Waals surface area contributed by atoms with Gasteiger partial charge >= 0.3 is 5.97 Å². The number of nitrogens with zero attached hydrogens (tertiary/aromatic N) is 3. The number of fused-ring (bicyclic) bond motifs is 2. The van der Waals surface area contributed by atoms with Crippen molar-refractivity contribution in [2.45, 2.75) is 69.2 Å². The molecule has 0 spiro atoms. The molecule has 14 nitrogen and oxygen atoms in total. The van der Waals surface area contributed by atoms with E-state index >= 15 is 0 Å². The highest BCUT2D eigenvalue weighted by Crippen LogP contribution is 2.42. The van der Waals surface area contributed by atoms with Crippen LogP contribution < -0.4 is 24.8 Å². The van der Waals surface area contributed by atoms with Crippen LogP contribution in [0.15, 0.2) is 107 Å². The van der Waals surface area contributed by atoms with Gasteiger partial charge in [0.25, 0.3) is 10.0 Å². The lowest BCUT2D eigenvalue weighted by Gasteiger charge is -2.36. The van der Waals surface area contributed by atoms with Crippen molar-refractivity contribution in [3.63, 3.8) is 0 Å². The number of hydrogen-bond acceptors (Lipinski definition) is 12. The second-order valence-corrected chi connectivity index (χ2v) is 19.4. The van der Waals surface area contributed by atoms with Crippen LogP contribution in [-0.2, 0) is 55.1 Å². The maximum Gasteiger partial charge on any atom is 0.328 e. The van der Waals surface area contributed by atoms with E-state index in [1.54, 1.807) is 24.3 Å². The molecule has 0 bridgehead atoms. The molecule has 3 atom stereocenters. The molecule has 338 valence electrons. The van der Waals surface area contributed by atoms with Crippen LogP contribution in [0.25, 0.3) is 11.1 Å². The Balaban J connectivity index is 1.04. The number of carbonyl (C=O) groups excluding carboxylic acids is 3. The Labute approximate surface area is 391 Å². The first-order valence-electron chi connectivity index (χ1n) is 20.9. The molecule has 1 aromatic heterocycles. The molecule has 2 aliphatic heterocycles. The number of methoxy groups -OCH3 is 1. The fourth-order valence-corrected chi connectivity index (χ4v) is 11.1. The fourth-order valence-electron chi connectivity index (χ4n) is 7.78. The van der Waals surface area contributed by atoms with E-state index in [0.29, 0.717) is 51.1 Å².